The van der Waals surface area contributed by atoms with Crippen LogP contribution in [0.15, 0.2) is 61.2 Å². The largest absolute Gasteiger partial charge is 0.416 e. The molecule has 3 rings (SSSR count). The lowest BCUT2D eigenvalue weighted by atomic mass is 10.2. The van der Waals surface area contributed by atoms with Gasteiger partial charge in [-0.1, -0.05) is 12.1 Å². The molecular formula is C18H14F3N5O. The zero-order valence-electron chi connectivity index (χ0n) is 13.9. The molecule has 0 bridgehead atoms. The van der Waals surface area contributed by atoms with Crippen molar-refractivity contribution in [2.75, 3.05) is 5.32 Å². The zero-order valence-corrected chi connectivity index (χ0v) is 13.9. The van der Waals surface area contributed by atoms with Crippen LogP contribution >= 0.6 is 0 Å². The Bertz CT molecular complexity index is 914. The van der Waals surface area contributed by atoms with E-state index in [1.54, 1.807) is 18.5 Å². The molecular weight excluding hydrogens is 359 g/mol. The summed E-state index contributed by atoms with van der Waals surface area (Å²) >= 11 is 0. The monoisotopic (exact) mass is 373 g/mol. The summed E-state index contributed by atoms with van der Waals surface area (Å²) in [6, 6.07) is 8.27. The number of hydrogen-bond acceptors (Lipinski definition) is 5. The van der Waals surface area contributed by atoms with Gasteiger partial charge in [0.15, 0.2) is 0 Å². The van der Waals surface area contributed by atoms with Crippen LogP contribution in [0.5, 0.6) is 0 Å². The third kappa shape index (κ3) is 5.00. The first kappa shape index (κ1) is 18.3. The van der Waals surface area contributed by atoms with Gasteiger partial charge in [0.1, 0.15) is 0 Å². The summed E-state index contributed by atoms with van der Waals surface area (Å²) in [4.78, 5) is 24.0. The fourth-order valence-corrected chi connectivity index (χ4v) is 2.20. The Morgan fingerprint density at radius 1 is 1.04 bits per heavy atom. The summed E-state index contributed by atoms with van der Waals surface area (Å²) in [5.41, 5.74) is 0.487. The number of benzene rings is 1. The number of halogens is 3. The first-order chi connectivity index (χ1) is 12.9. The number of aromatic nitrogens is 3. The van der Waals surface area contributed by atoms with E-state index < -0.39 is 11.7 Å². The van der Waals surface area contributed by atoms with Gasteiger partial charge in [-0.3, -0.25) is 9.78 Å². The molecule has 0 aliphatic carbocycles. The molecule has 9 heteroatoms. The Balaban J connectivity index is 1.62. The second kappa shape index (κ2) is 7.81. The highest BCUT2D eigenvalue weighted by Gasteiger charge is 2.30. The molecule has 0 spiro atoms. The molecule has 0 aliphatic heterocycles. The van der Waals surface area contributed by atoms with E-state index in [0.29, 0.717) is 6.54 Å². The van der Waals surface area contributed by atoms with Crippen molar-refractivity contribution in [1.29, 1.82) is 0 Å². The van der Waals surface area contributed by atoms with Crippen molar-refractivity contribution < 1.29 is 18.0 Å². The van der Waals surface area contributed by atoms with Gasteiger partial charge in [-0.05, 0) is 29.8 Å². The van der Waals surface area contributed by atoms with Crippen LogP contribution in [-0.4, -0.2) is 20.9 Å². The molecule has 6 nitrogen and oxygen atoms in total. The van der Waals surface area contributed by atoms with E-state index in [-0.39, 0.29) is 23.1 Å². The number of carbonyl (C=O) groups is 1. The first-order valence-electron chi connectivity index (χ1n) is 7.85. The zero-order chi connectivity index (χ0) is 19.3. The quantitative estimate of drug-likeness (QED) is 0.715. The van der Waals surface area contributed by atoms with Gasteiger partial charge in [-0.2, -0.15) is 13.2 Å². The number of carbonyl (C=O) groups excluding carboxylic acids is 1. The van der Waals surface area contributed by atoms with Crippen molar-refractivity contribution in [2.24, 2.45) is 0 Å². The second-order valence-electron chi connectivity index (χ2n) is 5.54. The Hall–Kier alpha value is -3.49. The lowest BCUT2D eigenvalue weighted by molar-refractivity contribution is -0.137. The molecule has 0 fully saturated rings. The molecule has 0 saturated heterocycles. The molecule has 2 aromatic heterocycles. The summed E-state index contributed by atoms with van der Waals surface area (Å²) in [7, 11) is 0. The molecule has 0 radical (unpaired) electrons. The number of anilines is 2. The molecule has 0 saturated carbocycles. The first-order valence-corrected chi connectivity index (χ1v) is 7.85. The van der Waals surface area contributed by atoms with Crippen molar-refractivity contribution in [3.63, 3.8) is 0 Å². The van der Waals surface area contributed by atoms with Crippen molar-refractivity contribution in [1.82, 2.24) is 20.3 Å². The van der Waals surface area contributed by atoms with Crippen molar-refractivity contribution in [2.45, 2.75) is 12.7 Å². The summed E-state index contributed by atoms with van der Waals surface area (Å²) in [5.74, 6) is -0.289. The van der Waals surface area contributed by atoms with E-state index in [1.165, 1.54) is 24.5 Å². The molecule has 138 valence electrons. The van der Waals surface area contributed by atoms with Gasteiger partial charge in [0.05, 0.1) is 11.1 Å². The fourth-order valence-electron chi connectivity index (χ4n) is 2.20. The Labute approximate surface area is 152 Å². The highest BCUT2D eigenvalue weighted by atomic mass is 19.4. The lowest BCUT2D eigenvalue weighted by Gasteiger charge is -2.10. The van der Waals surface area contributed by atoms with Gasteiger partial charge >= 0.3 is 6.18 Å². The molecule has 2 N–H and O–H groups in total. The number of alkyl halides is 3. The van der Waals surface area contributed by atoms with E-state index in [2.05, 4.69) is 25.6 Å². The maximum absolute atomic E-state index is 12.7. The van der Waals surface area contributed by atoms with Gasteiger partial charge in [0.25, 0.3) is 5.91 Å². The van der Waals surface area contributed by atoms with Gasteiger partial charge in [-0.15, -0.1) is 0 Å². The van der Waals surface area contributed by atoms with Crippen LogP contribution in [0.1, 0.15) is 21.5 Å². The molecule has 0 aliphatic rings. The van der Waals surface area contributed by atoms with Gasteiger partial charge in [-0.25, -0.2) is 9.97 Å². The Morgan fingerprint density at radius 2 is 1.81 bits per heavy atom. The molecule has 1 aromatic carbocycles. The maximum Gasteiger partial charge on any atom is 0.416 e. The SMILES string of the molecule is O=C(NCc1cccnc1)c1cnc(Nc2cccc(C(F)(F)F)c2)nc1. The van der Waals surface area contributed by atoms with Crippen LogP contribution < -0.4 is 10.6 Å². The second-order valence-corrected chi connectivity index (χ2v) is 5.54. The standard InChI is InChI=1S/C18H14F3N5O/c19-18(20,21)14-4-1-5-15(7-14)26-17-24-10-13(11-25-17)16(27)23-9-12-3-2-6-22-8-12/h1-8,10-11H,9H2,(H,23,27)(H,24,25,26). The van der Waals surface area contributed by atoms with E-state index in [9.17, 15) is 18.0 Å². The number of rotatable bonds is 5. The highest BCUT2D eigenvalue weighted by molar-refractivity contribution is 5.93. The number of amides is 1. The normalized spacial score (nSPS) is 11.1. The van der Waals surface area contributed by atoms with Crippen LogP contribution in [0.3, 0.4) is 0 Å². The Kier molecular flexibility index (Phi) is 5.30. The number of nitrogens with zero attached hydrogens (tertiary/aromatic N) is 3. The minimum Gasteiger partial charge on any atom is -0.348 e. The molecule has 1 amide bonds. The maximum atomic E-state index is 12.7. The summed E-state index contributed by atoms with van der Waals surface area (Å²) in [6.07, 6.45) is 1.42. The average molecular weight is 373 g/mol. The lowest BCUT2D eigenvalue weighted by Crippen LogP contribution is -2.23. The van der Waals surface area contributed by atoms with Crippen molar-refractivity contribution in [3.8, 4) is 0 Å². The number of nitrogens with one attached hydrogen (secondary N) is 2. The fraction of sp³-hybridized carbons (Fsp3) is 0.111. The summed E-state index contributed by atoms with van der Waals surface area (Å²) in [6.45, 7) is 0.302. The highest BCUT2D eigenvalue weighted by Crippen LogP contribution is 2.31. The van der Waals surface area contributed by atoms with E-state index in [4.69, 9.17) is 0 Å². The third-order valence-electron chi connectivity index (χ3n) is 3.54. The van der Waals surface area contributed by atoms with Crippen LogP contribution in [0.2, 0.25) is 0 Å². The Morgan fingerprint density at radius 3 is 2.48 bits per heavy atom. The molecule has 27 heavy (non-hydrogen) atoms. The summed E-state index contributed by atoms with van der Waals surface area (Å²) < 4.78 is 38.2. The van der Waals surface area contributed by atoms with Crippen molar-refractivity contribution >= 4 is 17.5 Å². The van der Waals surface area contributed by atoms with Crippen LogP contribution in [0.25, 0.3) is 0 Å². The van der Waals surface area contributed by atoms with E-state index in [0.717, 1.165) is 17.7 Å². The van der Waals surface area contributed by atoms with Crippen LogP contribution in [0.4, 0.5) is 24.8 Å². The molecule has 2 heterocycles. The number of hydrogen-bond donors (Lipinski definition) is 2. The average Bonchev–Trinajstić information content (AvgIpc) is 2.67. The topological polar surface area (TPSA) is 79.8 Å². The van der Waals surface area contributed by atoms with Crippen LogP contribution in [0, 0.1) is 0 Å². The van der Waals surface area contributed by atoms with Gasteiger partial charge in [0, 0.05) is 37.0 Å². The smallest absolute Gasteiger partial charge is 0.348 e. The van der Waals surface area contributed by atoms with Gasteiger partial charge in [0.2, 0.25) is 5.95 Å². The summed E-state index contributed by atoms with van der Waals surface area (Å²) in [5, 5.41) is 5.38. The van der Waals surface area contributed by atoms with Crippen LogP contribution in [-0.2, 0) is 12.7 Å². The predicted octanol–water partition coefficient (Wildman–Crippen LogP) is 3.56. The van der Waals surface area contributed by atoms with E-state index >= 15 is 0 Å². The minimum atomic E-state index is -4.44. The minimum absolute atomic E-state index is 0.0816. The molecule has 0 atom stereocenters. The van der Waals surface area contributed by atoms with Gasteiger partial charge < -0.3 is 10.6 Å². The third-order valence-corrected chi connectivity index (χ3v) is 3.54. The van der Waals surface area contributed by atoms with Crippen molar-refractivity contribution in [3.05, 3.63) is 77.9 Å². The predicted molar refractivity (Wildman–Crippen MR) is 92.2 cm³/mol. The molecule has 0 unspecified atom stereocenters. The van der Waals surface area contributed by atoms with E-state index in [1.807, 2.05) is 6.07 Å². The molecule has 3 aromatic rings. The number of pyridine rings is 1.